The van der Waals surface area contributed by atoms with Crippen molar-refractivity contribution in [2.24, 2.45) is 0 Å². The van der Waals surface area contributed by atoms with Gasteiger partial charge in [-0.3, -0.25) is 4.98 Å². The number of ether oxygens (including phenoxy) is 1. The lowest BCUT2D eigenvalue weighted by Crippen LogP contribution is -2.30. The summed E-state index contributed by atoms with van der Waals surface area (Å²) in [6.07, 6.45) is 4.94. The normalized spacial score (nSPS) is 28.4. The molecule has 1 aromatic carbocycles. The molecule has 3 atom stereocenters. The van der Waals surface area contributed by atoms with Gasteiger partial charge in [-0.15, -0.1) is 0 Å². The Hall–Kier alpha value is -1.41. The Morgan fingerprint density at radius 3 is 2.67 bits per heavy atom. The van der Waals surface area contributed by atoms with Crippen LogP contribution in [0.5, 0.6) is 0 Å². The highest BCUT2D eigenvalue weighted by molar-refractivity contribution is 5.81. The van der Waals surface area contributed by atoms with Crippen LogP contribution in [-0.2, 0) is 4.74 Å². The molecule has 0 amide bonds. The molecular formula is C16H19NO. The molecule has 3 unspecified atom stereocenters. The second-order valence-corrected chi connectivity index (χ2v) is 5.29. The van der Waals surface area contributed by atoms with Gasteiger partial charge in [-0.05, 0) is 38.1 Å². The SMILES string of the molecule is CC1CCC(c2cc3ccccc3cn2)C(C)O1. The Morgan fingerprint density at radius 1 is 1.11 bits per heavy atom. The molecule has 1 aliphatic heterocycles. The number of rotatable bonds is 1. The van der Waals surface area contributed by atoms with Crippen LogP contribution in [0.15, 0.2) is 36.5 Å². The van der Waals surface area contributed by atoms with Gasteiger partial charge in [0, 0.05) is 23.2 Å². The third-order valence-electron chi connectivity index (χ3n) is 3.93. The number of hydrogen-bond acceptors (Lipinski definition) is 2. The quantitative estimate of drug-likeness (QED) is 0.755. The van der Waals surface area contributed by atoms with E-state index in [2.05, 4.69) is 49.2 Å². The van der Waals surface area contributed by atoms with E-state index in [1.54, 1.807) is 0 Å². The van der Waals surface area contributed by atoms with Crippen LogP contribution in [0.3, 0.4) is 0 Å². The summed E-state index contributed by atoms with van der Waals surface area (Å²) in [4.78, 5) is 4.63. The van der Waals surface area contributed by atoms with E-state index < -0.39 is 0 Å². The zero-order valence-electron chi connectivity index (χ0n) is 11.0. The van der Waals surface area contributed by atoms with E-state index in [0.29, 0.717) is 12.0 Å². The van der Waals surface area contributed by atoms with Gasteiger partial charge in [0.1, 0.15) is 0 Å². The maximum absolute atomic E-state index is 5.93. The summed E-state index contributed by atoms with van der Waals surface area (Å²) in [7, 11) is 0. The molecule has 1 saturated heterocycles. The first-order valence-corrected chi connectivity index (χ1v) is 6.74. The molecule has 0 spiro atoms. The molecule has 3 rings (SSSR count). The largest absolute Gasteiger partial charge is 0.375 e. The molecule has 1 aliphatic rings. The minimum Gasteiger partial charge on any atom is -0.375 e. The number of nitrogens with zero attached hydrogens (tertiary/aromatic N) is 1. The molecule has 1 aromatic heterocycles. The maximum Gasteiger partial charge on any atom is 0.0634 e. The second-order valence-electron chi connectivity index (χ2n) is 5.29. The summed E-state index contributed by atoms with van der Waals surface area (Å²) >= 11 is 0. The third kappa shape index (κ3) is 2.13. The van der Waals surface area contributed by atoms with Crippen molar-refractivity contribution in [3.63, 3.8) is 0 Å². The molecule has 2 nitrogen and oxygen atoms in total. The van der Waals surface area contributed by atoms with Crippen molar-refractivity contribution in [3.05, 3.63) is 42.2 Å². The van der Waals surface area contributed by atoms with Crippen molar-refractivity contribution in [2.75, 3.05) is 0 Å². The predicted octanol–water partition coefficient (Wildman–Crippen LogP) is 3.91. The van der Waals surface area contributed by atoms with Crippen molar-refractivity contribution in [1.29, 1.82) is 0 Å². The molecule has 0 radical (unpaired) electrons. The number of fused-ring (bicyclic) bond motifs is 1. The standard InChI is InChI=1S/C16H19NO/c1-11-7-8-15(12(2)18-11)16-9-13-5-3-4-6-14(13)10-17-16/h3-6,9-12,15H,7-8H2,1-2H3. The van der Waals surface area contributed by atoms with E-state index in [9.17, 15) is 0 Å². The van der Waals surface area contributed by atoms with E-state index in [-0.39, 0.29) is 6.10 Å². The molecule has 2 aromatic rings. The molecule has 0 saturated carbocycles. The molecule has 2 heterocycles. The van der Waals surface area contributed by atoms with E-state index in [4.69, 9.17) is 4.74 Å². The van der Waals surface area contributed by atoms with E-state index in [1.165, 1.54) is 22.9 Å². The Balaban J connectivity index is 1.94. The lowest BCUT2D eigenvalue weighted by Gasteiger charge is -2.32. The van der Waals surface area contributed by atoms with Gasteiger partial charge in [-0.25, -0.2) is 0 Å². The summed E-state index contributed by atoms with van der Waals surface area (Å²) in [6.45, 7) is 4.32. The van der Waals surface area contributed by atoms with Crippen LogP contribution in [0.25, 0.3) is 10.8 Å². The van der Waals surface area contributed by atoms with Gasteiger partial charge in [0.15, 0.2) is 0 Å². The Bertz CT molecular complexity index is 552. The van der Waals surface area contributed by atoms with Gasteiger partial charge < -0.3 is 4.74 Å². The molecule has 1 fully saturated rings. The third-order valence-corrected chi connectivity index (χ3v) is 3.93. The van der Waals surface area contributed by atoms with Crippen LogP contribution in [0.4, 0.5) is 0 Å². The molecule has 18 heavy (non-hydrogen) atoms. The fraction of sp³-hybridized carbons (Fsp3) is 0.438. The van der Waals surface area contributed by atoms with Gasteiger partial charge >= 0.3 is 0 Å². The van der Waals surface area contributed by atoms with Crippen LogP contribution in [0.1, 0.15) is 38.3 Å². The van der Waals surface area contributed by atoms with Crippen molar-refractivity contribution < 1.29 is 4.74 Å². The average Bonchev–Trinajstić information content (AvgIpc) is 2.38. The summed E-state index contributed by atoms with van der Waals surface area (Å²) in [5.74, 6) is 0.436. The van der Waals surface area contributed by atoms with Crippen molar-refractivity contribution in [3.8, 4) is 0 Å². The van der Waals surface area contributed by atoms with Gasteiger partial charge in [0.05, 0.1) is 12.2 Å². The van der Waals surface area contributed by atoms with Crippen molar-refractivity contribution in [1.82, 2.24) is 4.98 Å². The molecule has 2 heteroatoms. The average molecular weight is 241 g/mol. The summed E-state index contributed by atoms with van der Waals surface area (Å²) < 4.78 is 5.93. The topological polar surface area (TPSA) is 22.1 Å². The second kappa shape index (κ2) is 4.69. The minimum absolute atomic E-state index is 0.266. The van der Waals surface area contributed by atoms with Crippen LogP contribution in [0.2, 0.25) is 0 Å². The van der Waals surface area contributed by atoms with Crippen LogP contribution in [-0.4, -0.2) is 17.2 Å². The van der Waals surface area contributed by atoms with Crippen LogP contribution < -0.4 is 0 Å². The molecule has 0 N–H and O–H groups in total. The summed E-state index contributed by atoms with van der Waals surface area (Å²) in [6, 6.07) is 10.6. The molecule has 0 bridgehead atoms. The minimum atomic E-state index is 0.266. The van der Waals surface area contributed by atoms with Crippen LogP contribution in [0, 0.1) is 0 Å². The lowest BCUT2D eigenvalue weighted by atomic mass is 9.89. The maximum atomic E-state index is 5.93. The van der Waals surface area contributed by atoms with Crippen molar-refractivity contribution >= 4 is 10.8 Å². The highest BCUT2D eigenvalue weighted by Crippen LogP contribution is 2.33. The van der Waals surface area contributed by atoms with Crippen LogP contribution >= 0.6 is 0 Å². The van der Waals surface area contributed by atoms with Gasteiger partial charge in [-0.1, -0.05) is 24.3 Å². The summed E-state index contributed by atoms with van der Waals surface area (Å²) in [5, 5.41) is 2.48. The van der Waals surface area contributed by atoms with Gasteiger partial charge in [0.25, 0.3) is 0 Å². The number of aromatic nitrogens is 1. The smallest absolute Gasteiger partial charge is 0.0634 e. The monoisotopic (exact) mass is 241 g/mol. The highest BCUT2D eigenvalue weighted by Gasteiger charge is 2.28. The zero-order chi connectivity index (χ0) is 12.5. The number of pyridine rings is 1. The molecule has 94 valence electrons. The zero-order valence-corrected chi connectivity index (χ0v) is 11.0. The van der Waals surface area contributed by atoms with Crippen molar-refractivity contribution in [2.45, 2.75) is 44.8 Å². The first-order valence-electron chi connectivity index (χ1n) is 6.74. The van der Waals surface area contributed by atoms with Gasteiger partial charge in [-0.2, -0.15) is 0 Å². The summed E-state index contributed by atoms with van der Waals surface area (Å²) in [5.41, 5.74) is 1.17. The first-order chi connectivity index (χ1) is 8.74. The number of benzene rings is 1. The Kier molecular flexibility index (Phi) is 3.04. The number of hydrogen-bond donors (Lipinski definition) is 0. The van der Waals surface area contributed by atoms with E-state index in [0.717, 1.165) is 6.42 Å². The molecule has 0 aliphatic carbocycles. The predicted molar refractivity (Wildman–Crippen MR) is 73.7 cm³/mol. The van der Waals surface area contributed by atoms with E-state index >= 15 is 0 Å². The highest BCUT2D eigenvalue weighted by atomic mass is 16.5. The fourth-order valence-corrected chi connectivity index (χ4v) is 2.87. The van der Waals surface area contributed by atoms with E-state index in [1.807, 2.05) is 6.20 Å². The molecular weight excluding hydrogens is 222 g/mol. The Morgan fingerprint density at radius 2 is 1.89 bits per heavy atom. The Labute approximate surface area is 108 Å². The first kappa shape index (κ1) is 11.7. The van der Waals surface area contributed by atoms with Gasteiger partial charge in [0.2, 0.25) is 0 Å². The lowest BCUT2D eigenvalue weighted by molar-refractivity contribution is -0.0439. The fourth-order valence-electron chi connectivity index (χ4n) is 2.87.